The van der Waals surface area contributed by atoms with E-state index in [0.29, 0.717) is 0 Å². The maximum absolute atomic E-state index is 12.8. The van der Waals surface area contributed by atoms with Crippen LogP contribution >= 0.6 is 0 Å². The summed E-state index contributed by atoms with van der Waals surface area (Å²) in [5, 5.41) is 11.5. The van der Waals surface area contributed by atoms with Crippen LogP contribution in [0.2, 0.25) is 0 Å². The topological polar surface area (TPSA) is 86.7 Å². The summed E-state index contributed by atoms with van der Waals surface area (Å²) < 4.78 is 28.2. The average molecular weight is 396 g/mol. The number of benzene rings is 3. The van der Waals surface area contributed by atoms with Gasteiger partial charge in [-0.25, -0.2) is 13.1 Å². The van der Waals surface area contributed by atoms with Crippen LogP contribution in [0.1, 0.15) is 5.56 Å². The van der Waals surface area contributed by atoms with Crippen LogP contribution in [0.25, 0.3) is 10.8 Å². The number of para-hydroxylation sites is 1. The van der Waals surface area contributed by atoms with Crippen molar-refractivity contribution in [3.63, 3.8) is 0 Å². The molecule has 0 saturated heterocycles. The molecule has 0 radical (unpaired) electrons. The molecule has 3 aromatic carbocycles. The van der Waals surface area contributed by atoms with Crippen LogP contribution < -0.4 is 9.62 Å². The number of carbonyl (C=O) groups excluding carboxylic acids is 1. The van der Waals surface area contributed by atoms with Crippen LogP contribution in [-0.4, -0.2) is 38.6 Å². The Labute approximate surface area is 163 Å². The number of hydrogen-bond donors (Lipinski definition) is 2. The van der Waals surface area contributed by atoms with Gasteiger partial charge in [-0.1, -0.05) is 48.5 Å². The molecule has 28 heavy (non-hydrogen) atoms. The third-order valence-electron chi connectivity index (χ3n) is 4.90. The highest BCUT2D eigenvalue weighted by Gasteiger charge is 2.30. The van der Waals surface area contributed by atoms with E-state index in [0.717, 1.165) is 22.0 Å². The average Bonchev–Trinajstić information content (AvgIpc) is 3.02. The van der Waals surface area contributed by atoms with E-state index in [1.54, 1.807) is 12.1 Å². The smallest absolute Gasteiger partial charge is 0.240 e. The zero-order chi connectivity index (χ0) is 19.7. The van der Waals surface area contributed by atoms with Gasteiger partial charge in [0.15, 0.2) is 0 Å². The second-order valence-corrected chi connectivity index (χ2v) is 8.53. The Morgan fingerprint density at radius 1 is 1.00 bits per heavy atom. The lowest BCUT2D eigenvalue weighted by Gasteiger charge is -2.24. The van der Waals surface area contributed by atoms with Crippen molar-refractivity contribution in [2.45, 2.75) is 17.4 Å². The predicted molar refractivity (Wildman–Crippen MR) is 108 cm³/mol. The molecule has 0 aromatic heterocycles. The minimum Gasteiger partial charge on any atom is -0.395 e. The van der Waals surface area contributed by atoms with Gasteiger partial charge in [-0.3, -0.25) is 4.79 Å². The molecule has 1 heterocycles. The van der Waals surface area contributed by atoms with Gasteiger partial charge in [0.05, 0.1) is 24.0 Å². The molecule has 0 saturated carbocycles. The Morgan fingerprint density at radius 2 is 1.71 bits per heavy atom. The molecule has 0 fully saturated rings. The lowest BCUT2D eigenvalue weighted by atomic mass is 10.1. The number of hydrogen-bond acceptors (Lipinski definition) is 4. The zero-order valence-electron chi connectivity index (χ0n) is 15.1. The third kappa shape index (κ3) is 3.52. The molecule has 1 unspecified atom stereocenters. The molecular formula is C21H20N2O4S. The summed E-state index contributed by atoms with van der Waals surface area (Å²) >= 11 is 0. The lowest BCUT2D eigenvalue weighted by Crippen LogP contribution is -2.46. The van der Waals surface area contributed by atoms with Crippen molar-refractivity contribution in [2.24, 2.45) is 0 Å². The van der Waals surface area contributed by atoms with Crippen LogP contribution in [0.15, 0.2) is 71.6 Å². The van der Waals surface area contributed by atoms with Crippen LogP contribution in [-0.2, 0) is 21.2 Å². The van der Waals surface area contributed by atoms with Crippen molar-refractivity contribution < 1.29 is 18.3 Å². The first-order valence-corrected chi connectivity index (χ1v) is 10.5. The summed E-state index contributed by atoms with van der Waals surface area (Å²) in [7, 11) is -3.85. The molecule has 144 valence electrons. The van der Waals surface area contributed by atoms with Crippen molar-refractivity contribution in [2.75, 3.05) is 18.1 Å². The number of anilines is 1. The largest absolute Gasteiger partial charge is 0.395 e. The molecule has 0 aliphatic carbocycles. The molecular weight excluding hydrogens is 376 g/mol. The molecule has 0 spiro atoms. The van der Waals surface area contributed by atoms with E-state index in [1.807, 2.05) is 48.5 Å². The molecule has 4 rings (SSSR count). The minimum atomic E-state index is -3.85. The minimum absolute atomic E-state index is 0.0686. The fraction of sp³-hybridized carbons (Fsp3) is 0.190. The van der Waals surface area contributed by atoms with Gasteiger partial charge in [-0.15, -0.1) is 0 Å². The highest BCUT2D eigenvalue weighted by atomic mass is 32.2. The molecule has 1 aliphatic rings. The Hall–Kier alpha value is -2.74. The Bertz CT molecular complexity index is 1140. The molecule has 3 aromatic rings. The fourth-order valence-corrected chi connectivity index (χ4v) is 4.74. The highest BCUT2D eigenvalue weighted by Crippen LogP contribution is 2.28. The highest BCUT2D eigenvalue weighted by molar-refractivity contribution is 7.89. The van der Waals surface area contributed by atoms with Gasteiger partial charge in [-0.05, 0) is 34.5 Å². The fourth-order valence-electron chi connectivity index (χ4n) is 3.49. The SMILES string of the molecule is O=C1Cc2ccccc2N1CC(CO)NS(=O)(=O)c1ccc2ccccc2c1. The molecule has 1 amide bonds. The summed E-state index contributed by atoms with van der Waals surface area (Å²) in [6.45, 7) is -0.349. The third-order valence-corrected chi connectivity index (χ3v) is 6.42. The van der Waals surface area contributed by atoms with Gasteiger partial charge < -0.3 is 10.0 Å². The molecule has 7 heteroatoms. The van der Waals surface area contributed by atoms with Crippen LogP contribution in [0, 0.1) is 0 Å². The maximum Gasteiger partial charge on any atom is 0.240 e. The van der Waals surface area contributed by atoms with Crippen molar-refractivity contribution >= 4 is 32.4 Å². The Balaban J connectivity index is 1.56. The first-order chi connectivity index (χ1) is 13.5. The second kappa shape index (κ2) is 7.35. The molecule has 1 atom stereocenters. The number of amides is 1. The lowest BCUT2D eigenvalue weighted by molar-refractivity contribution is -0.117. The van der Waals surface area contributed by atoms with Gasteiger partial charge >= 0.3 is 0 Å². The van der Waals surface area contributed by atoms with E-state index in [2.05, 4.69) is 4.72 Å². The number of carbonyl (C=O) groups is 1. The standard InChI is InChI=1S/C21H20N2O4S/c24-14-18(13-23-20-8-4-3-7-17(20)12-21(23)25)22-28(26,27)19-10-9-15-5-1-2-6-16(15)11-19/h1-11,18,22,24H,12-14H2. The first-order valence-electron chi connectivity index (χ1n) is 8.98. The first kappa shape index (κ1) is 18.6. The molecule has 0 bridgehead atoms. The van der Waals surface area contributed by atoms with Crippen molar-refractivity contribution in [3.05, 3.63) is 72.3 Å². The maximum atomic E-state index is 12.8. The Morgan fingerprint density at radius 3 is 2.50 bits per heavy atom. The van der Waals surface area contributed by atoms with Gasteiger partial charge in [0, 0.05) is 12.2 Å². The normalized spacial score (nSPS) is 15.0. The summed E-state index contributed by atoms with van der Waals surface area (Å²) in [6.07, 6.45) is 0.283. The van der Waals surface area contributed by atoms with Crippen LogP contribution in [0.5, 0.6) is 0 Å². The van der Waals surface area contributed by atoms with Gasteiger partial charge in [0.1, 0.15) is 0 Å². The number of sulfonamides is 1. The number of fused-ring (bicyclic) bond motifs is 2. The summed E-state index contributed by atoms with van der Waals surface area (Å²) in [5.74, 6) is -0.107. The molecule has 6 nitrogen and oxygen atoms in total. The van der Waals surface area contributed by atoms with E-state index in [1.165, 1.54) is 11.0 Å². The van der Waals surface area contributed by atoms with Gasteiger partial charge in [0.25, 0.3) is 0 Å². The zero-order valence-corrected chi connectivity index (χ0v) is 15.9. The second-order valence-electron chi connectivity index (χ2n) is 6.82. The van der Waals surface area contributed by atoms with E-state index in [9.17, 15) is 18.3 Å². The van der Waals surface area contributed by atoms with E-state index in [-0.39, 0.29) is 23.8 Å². The number of nitrogens with zero attached hydrogens (tertiary/aromatic N) is 1. The van der Waals surface area contributed by atoms with Crippen LogP contribution in [0.4, 0.5) is 5.69 Å². The van der Waals surface area contributed by atoms with E-state index in [4.69, 9.17) is 0 Å². The summed E-state index contributed by atoms with van der Waals surface area (Å²) in [5.41, 5.74) is 1.66. The van der Waals surface area contributed by atoms with E-state index >= 15 is 0 Å². The monoisotopic (exact) mass is 396 g/mol. The molecule has 2 N–H and O–H groups in total. The quantitative estimate of drug-likeness (QED) is 0.668. The van der Waals surface area contributed by atoms with Gasteiger partial charge in [0.2, 0.25) is 15.9 Å². The molecule has 1 aliphatic heterocycles. The van der Waals surface area contributed by atoms with Crippen molar-refractivity contribution in [3.8, 4) is 0 Å². The Kier molecular flexibility index (Phi) is 4.89. The van der Waals surface area contributed by atoms with Gasteiger partial charge in [-0.2, -0.15) is 0 Å². The number of rotatable bonds is 6. The number of nitrogens with one attached hydrogen (secondary N) is 1. The number of aliphatic hydroxyl groups is 1. The van der Waals surface area contributed by atoms with Crippen molar-refractivity contribution in [1.29, 1.82) is 0 Å². The summed E-state index contributed by atoms with van der Waals surface area (Å²) in [6, 6.07) is 19.0. The summed E-state index contributed by atoms with van der Waals surface area (Å²) in [4.78, 5) is 14.0. The number of aliphatic hydroxyl groups excluding tert-OH is 1. The van der Waals surface area contributed by atoms with Crippen molar-refractivity contribution in [1.82, 2.24) is 4.72 Å². The predicted octanol–water partition coefficient (Wildman–Crippen LogP) is 2.07. The van der Waals surface area contributed by atoms with Crippen LogP contribution in [0.3, 0.4) is 0 Å². The van der Waals surface area contributed by atoms with E-state index < -0.39 is 22.7 Å².